The van der Waals surface area contributed by atoms with Gasteiger partial charge in [0.15, 0.2) is 0 Å². The molecule has 1 saturated heterocycles. The highest BCUT2D eigenvalue weighted by molar-refractivity contribution is 5.75. The third-order valence-electron chi connectivity index (χ3n) is 3.94. The van der Waals surface area contributed by atoms with E-state index >= 15 is 0 Å². The first kappa shape index (κ1) is 15.8. The summed E-state index contributed by atoms with van der Waals surface area (Å²) in [5, 5.41) is 10.3. The number of carbonyl (C=O) groups is 1. The number of hydrogen-bond acceptors (Lipinski definition) is 4. The van der Waals surface area contributed by atoms with Crippen LogP contribution in [0.15, 0.2) is 24.3 Å². The second-order valence-corrected chi connectivity index (χ2v) is 5.33. The van der Waals surface area contributed by atoms with Crippen LogP contribution in [0.2, 0.25) is 0 Å². The average molecular weight is 292 g/mol. The van der Waals surface area contributed by atoms with E-state index in [0.717, 1.165) is 37.5 Å². The minimum Gasteiger partial charge on any atom is -0.497 e. The molecule has 1 fully saturated rings. The molecule has 2 rings (SSSR count). The van der Waals surface area contributed by atoms with E-state index in [-0.39, 0.29) is 5.91 Å². The van der Waals surface area contributed by atoms with Gasteiger partial charge in [0.05, 0.1) is 13.2 Å². The minimum absolute atomic E-state index is 0.211. The van der Waals surface area contributed by atoms with Gasteiger partial charge in [0.25, 0.3) is 0 Å². The van der Waals surface area contributed by atoms with Crippen molar-refractivity contribution >= 4 is 5.91 Å². The third kappa shape index (κ3) is 4.19. The number of aliphatic hydroxyl groups is 1. The van der Waals surface area contributed by atoms with Crippen molar-refractivity contribution in [1.82, 2.24) is 9.80 Å². The summed E-state index contributed by atoms with van der Waals surface area (Å²) in [7, 11) is 1.62. The van der Waals surface area contributed by atoms with E-state index in [4.69, 9.17) is 4.74 Å². The molecule has 5 nitrogen and oxygen atoms in total. The van der Waals surface area contributed by atoms with Crippen molar-refractivity contribution in [2.75, 3.05) is 39.8 Å². The molecule has 1 aliphatic rings. The van der Waals surface area contributed by atoms with Crippen molar-refractivity contribution < 1.29 is 14.6 Å². The Kier molecular flexibility index (Phi) is 5.59. The molecule has 1 aromatic carbocycles. The molecular weight excluding hydrogens is 268 g/mol. The maximum Gasteiger partial charge on any atom is 0.222 e. The zero-order chi connectivity index (χ0) is 15.2. The first-order chi connectivity index (χ1) is 10.1. The summed E-state index contributed by atoms with van der Waals surface area (Å²) in [6, 6.07) is 7.52. The molecule has 0 bridgehead atoms. The van der Waals surface area contributed by atoms with Gasteiger partial charge in [-0.3, -0.25) is 9.69 Å². The Balaban J connectivity index is 1.86. The Morgan fingerprint density at radius 3 is 2.67 bits per heavy atom. The molecule has 0 aromatic heterocycles. The van der Waals surface area contributed by atoms with Crippen molar-refractivity contribution in [2.45, 2.75) is 19.4 Å². The number of nitrogens with zero attached hydrogens (tertiary/aromatic N) is 2. The lowest BCUT2D eigenvalue weighted by atomic mass is 10.1. The van der Waals surface area contributed by atoms with Gasteiger partial charge in [0.1, 0.15) is 5.75 Å². The van der Waals surface area contributed by atoms with E-state index in [1.807, 2.05) is 36.1 Å². The number of amides is 1. The molecule has 1 atom stereocenters. The predicted molar refractivity (Wildman–Crippen MR) is 81.3 cm³/mol. The van der Waals surface area contributed by atoms with Gasteiger partial charge in [-0.25, -0.2) is 0 Å². The first-order valence-electron chi connectivity index (χ1n) is 7.46. The maximum absolute atomic E-state index is 11.6. The van der Waals surface area contributed by atoms with Crippen LogP contribution in [-0.2, 0) is 4.79 Å². The van der Waals surface area contributed by atoms with Crippen LogP contribution in [-0.4, -0.2) is 60.6 Å². The zero-order valence-electron chi connectivity index (χ0n) is 12.8. The summed E-state index contributed by atoms with van der Waals surface area (Å²) in [5.41, 5.74) is 0.862. The van der Waals surface area contributed by atoms with E-state index in [0.29, 0.717) is 13.0 Å². The minimum atomic E-state index is -0.534. The highest BCUT2D eigenvalue weighted by Gasteiger charge is 2.22. The number of β-amino-alcohol motifs (C(OH)–C–C–N with tert-alkyl or cyclic N) is 1. The second kappa shape index (κ2) is 7.43. The fraction of sp³-hybridized carbons (Fsp3) is 0.562. The van der Waals surface area contributed by atoms with Crippen LogP contribution in [0.25, 0.3) is 0 Å². The van der Waals surface area contributed by atoms with E-state index in [1.165, 1.54) is 0 Å². The van der Waals surface area contributed by atoms with Crippen LogP contribution in [0.4, 0.5) is 0 Å². The Bertz CT molecular complexity index is 470. The van der Waals surface area contributed by atoms with Crippen molar-refractivity contribution in [3.63, 3.8) is 0 Å². The zero-order valence-corrected chi connectivity index (χ0v) is 12.8. The summed E-state index contributed by atoms with van der Waals surface area (Å²) >= 11 is 0. The van der Waals surface area contributed by atoms with Gasteiger partial charge in [-0.15, -0.1) is 0 Å². The van der Waals surface area contributed by atoms with Gasteiger partial charge in [-0.05, 0) is 17.7 Å². The highest BCUT2D eigenvalue weighted by Crippen LogP contribution is 2.20. The fourth-order valence-electron chi connectivity index (χ4n) is 2.60. The number of ether oxygens (including phenoxy) is 1. The molecule has 1 aromatic rings. The topological polar surface area (TPSA) is 53.0 Å². The molecule has 1 aliphatic heterocycles. The van der Waals surface area contributed by atoms with E-state index in [9.17, 15) is 9.90 Å². The molecule has 5 heteroatoms. The summed E-state index contributed by atoms with van der Waals surface area (Å²) in [5.74, 6) is 0.966. The largest absolute Gasteiger partial charge is 0.497 e. The van der Waals surface area contributed by atoms with Gasteiger partial charge in [0, 0.05) is 39.1 Å². The molecule has 1 amide bonds. The van der Waals surface area contributed by atoms with Gasteiger partial charge in [-0.2, -0.15) is 0 Å². The van der Waals surface area contributed by atoms with Crippen molar-refractivity contribution in [3.8, 4) is 5.75 Å². The van der Waals surface area contributed by atoms with Crippen LogP contribution >= 0.6 is 0 Å². The number of methoxy groups -OCH3 is 1. The Morgan fingerprint density at radius 1 is 1.33 bits per heavy atom. The van der Waals surface area contributed by atoms with Crippen molar-refractivity contribution in [1.29, 1.82) is 0 Å². The standard InChI is InChI=1S/C16H24N2O3/c1-3-16(20)18-9-7-17(8-10-18)12-15(19)13-5-4-6-14(11-13)21-2/h4-6,11,15,19H,3,7-10,12H2,1-2H3. The molecule has 0 saturated carbocycles. The number of rotatable bonds is 5. The lowest BCUT2D eigenvalue weighted by molar-refractivity contribution is -0.132. The molecule has 0 radical (unpaired) electrons. The SMILES string of the molecule is CCC(=O)N1CCN(CC(O)c2cccc(OC)c2)CC1. The molecule has 1 heterocycles. The van der Waals surface area contributed by atoms with Crippen LogP contribution < -0.4 is 4.74 Å². The lowest BCUT2D eigenvalue weighted by Crippen LogP contribution is -2.49. The van der Waals surface area contributed by atoms with Crippen LogP contribution in [0.1, 0.15) is 25.0 Å². The normalized spacial score (nSPS) is 17.6. The summed E-state index contributed by atoms with van der Waals surface area (Å²) < 4.78 is 5.18. The molecule has 116 valence electrons. The molecular formula is C16H24N2O3. The lowest BCUT2D eigenvalue weighted by Gasteiger charge is -2.35. The number of carbonyl (C=O) groups excluding carboxylic acids is 1. The van der Waals surface area contributed by atoms with E-state index in [2.05, 4.69) is 4.90 Å². The molecule has 0 spiro atoms. The Hall–Kier alpha value is -1.59. The smallest absolute Gasteiger partial charge is 0.222 e. The fourth-order valence-corrected chi connectivity index (χ4v) is 2.60. The Labute approximate surface area is 126 Å². The predicted octanol–water partition coefficient (Wildman–Crippen LogP) is 1.28. The molecule has 1 unspecified atom stereocenters. The van der Waals surface area contributed by atoms with Crippen molar-refractivity contribution in [2.24, 2.45) is 0 Å². The van der Waals surface area contributed by atoms with Crippen LogP contribution in [0.3, 0.4) is 0 Å². The van der Waals surface area contributed by atoms with Gasteiger partial charge in [-0.1, -0.05) is 19.1 Å². The molecule has 0 aliphatic carbocycles. The average Bonchev–Trinajstić information content (AvgIpc) is 2.54. The quantitative estimate of drug-likeness (QED) is 0.888. The number of hydrogen-bond donors (Lipinski definition) is 1. The molecule has 21 heavy (non-hydrogen) atoms. The van der Waals surface area contributed by atoms with Gasteiger partial charge >= 0.3 is 0 Å². The maximum atomic E-state index is 11.6. The molecule has 1 N–H and O–H groups in total. The number of benzene rings is 1. The summed E-state index contributed by atoms with van der Waals surface area (Å²) in [6.45, 7) is 5.59. The van der Waals surface area contributed by atoms with E-state index < -0.39 is 6.10 Å². The van der Waals surface area contributed by atoms with E-state index in [1.54, 1.807) is 7.11 Å². The summed E-state index contributed by atoms with van der Waals surface area (Å²) in [4.78, 5) is 15.7. The summed E-state index contributed by atoms with van der Waals surface area (Å²) in [6.07, 6.45) is 0.0282. The van der Waals surface area contributed by atoms with Crippen molar-refractivity contribution in [3.05, 3.63) is 29.8 Å². The van der Waals surface area contributed by atoms with Gasteiger partial charge < -0.3 is 14.7 Å². The van der Waals surface area contributed by atoms with Crippen LogP contribution in [0, 0.1) is 0 Å². The highest BCUT2D eigenvalue weighted by atomic mass is 16.5. The first-order valence-corrected chi connectivity index (χ1v) is 7.46. The second-order valence-electron chi connectivity index (χ2n) is 5.33. The monoisotopic (exact) mass is 292 g/mol. The van der Waals surface area contributed by atoms with Gasteiger partial charge in [0.2, 0.25) is 5.91 Å². The third-order valence-corrected chi connectivity index (χ3v) is 3.94. The van der Waals surface area contributed by atoms with Crippen LogP contribution in [0.5, 0.6) is 5.75 Å². The number of piperazine rings is 1. The number of aliphatic hydroxyl groups excluding tert-OH is 1. The Morgan fingerprint density at radius 2 is 2.05 bits per heavy atom.